The molecule has 0 saturated carbocycles. The van der Waals surface area contributed by atoms with E-state index in [0.717, 1.165) is 38.0 Å². The van der Waals surface area contributed by atoms with Crippen molar-refractivity contribution in [1.29, 1.82) is 0 Å². The Morgan fingerprint density at radius 2 is 1.49 bits per heavy atom. The maximum absolute atomic E-state index is 13.3. The first-order valence-electron chi connectivity index (χ1n) is 13.6. The van der Waals surface area contributed by atoms with E-state index in [1.54, 1.807) is 4.90 Å². The molecule has 0 unspecified atom stereocenters. The predicted molar refractivity (Wildman–Crippen MR) is 142 cm³/mol. The summed E-state index contributed by atoms with van der Waals surface area (Å²) in [5.74, 6) is -0.256. The molecule has 0 radical (unpaired) electrons. The van der Waals surface area contributed by atoms with Gasteiger partial charge < -0.3 is 19.8 Å². The smallest absolute Gasteiger partial charge is 0.312 e. The van der Waals surface area contributed by atoms with E-state index >= 15 is 0 Å². The number of amides is 1. The quantitative estimate of drug-likeness (QED) is 0.617. The second kappa shape index (κ2) is 13.2. The third-order valence-corrected chi connectivity index (χ3v) is 7.90. The molecule has 4 rings (SSSR count). The largest absolute Gasteiger partial charge is 0.462 e. The number of likely N-dealkylation sites (tertiary alicyclic amines) is 1. The number of esters is 1. The maximum Gasteiger partial charge on any atom is 0.312 e. The molecule has 0 aliphatic carbocycles. The summed E-state index contributed by atoms with van der Waals surface area (Å²) < 4.78 is 5.59. The van der Waals surface area contributed by atoms with E-state index in [-0.39, 0.29) is 24.9 Å². The fourth-order valence-electron chi connectivity index (χ4n) is 5.45. The van der Waals surface area contributed by atoms with E-state index in [1.165, 1.54) is 5.56 Å². The fraction of sp³-hybridized carbons (Fsp3) is 0.533. The van der Waals surface area contributed by atoms with Gasteiger partial charge in [-0.05, 0) is 56.3 Å². The lowest BCUT2D eigenvalue weighted by Gasteiger charge is -2.40. The van der Waals surface area contributed by atoms with Gasteiger partial charge in [-0.25, -0.2) is 0 Å². The highest BCUT2D eigenvalue weighted by molar-refractivity contribution is 5.79. The lowest BCUT2D eigenvalue weighted by molar-refractivity contribution is -0.165. The molecule has 2 N–H and O–H groups in total. The molecule has 7 heteroatoms. The molecule has 2 aliphatic heterocycles. The zero-order valence-electron chi connectivity index (χ0n) is 21.6. The molecule has 0 bridgehead atoms. The van der Waals surface area contributed by atoms with Crippen molar-refractivity contribution in [2.24, 2.45) is 5.41 Å². The number of carbonyl (C=O) groups is 2. The van der Waals surface area contributed by atoms with Crippen molar-refractivity contribution in [1.82, 2.24) is 9.80 Å². The molecule has 2 aromatic carbocycles. The molecule has 200 valence electrons. The van der Waals surface area contributed by atoms with Gasteiger partial charge in [-0.1, -0.05) is 67.1 Å². The number of rotatable bonds is 4. The van der Waals surface area contributed by atoms with Crippen LogP contribution in [0, 0.1) is 5.41 Å². The summed E-state index contributed by atoms with van der Waals surface area (Å²) in [4.78, 5) is 30.5. The van der Waals surface area contributed by atoms with Gasteiger partial charge in [0.2, 0.25) is 5.91 Å². The van der Waals surface area contributed by atoms with Crippen LogP contribution < -0.4 is 0 Å². The number of piperidine rings is 1. The molecule has 2 saturated heterocycles. The number of aliphatic hydroxyl groups is 2. The SMILES string of the molecule is O=C(Cc1ccccc1)N1CCCCC2(CCN(Cc3ccccc3)CC2)C(=O)OC[C@@H](O)[C@@H](O)CC1. The molecular formula is C30H40N2O5. The van der Waals surface area contributed by atoms with Gasteiger partial charge in [0.1, 0.15) is 12.7 Å². The van der Waals surface area contributed by atoms with Crippen LogP contribution in [0.5, 0.6) is 0 Å². The number of benzene rings is 2. The Labute approximate surface area is 220 Å². The van der Waals surface area contributed by atoms with Crippen LogP contribution >= 0.6 is 0 Å². The average Bonchev–Trinajstić information content (AvgIpc) is 2.93. The average molecular weight is 509 g/mol. The van der Waals surface area contributed by atoms with E-state index in [0.29, 0.717) is 38.8 Å². The molecule has 1 spiro atoms. The van der Waals surface area contributed by atoms with Crippen LogP contribution in [0.15, 0.2) is 60.7 Å². The van der Waals surface area contributed by atoms with E-state index in [4.69, 9.17) is 4.74 Å². The predicted octanol–water partition coefficient (Wildman–Crippen LogP) is 3.18. The van der Waals surface area contributed by atoms with Gasteiger partial charge in [0, 0.05) is 19.6 Å². The normalized spacial score (nSPS) is 23.9. The van der Waals surface area contributed by atoms with Crippen LogP contribution in [-0.2, 0) is 27.3 Å². The number of hydrogen-bond acceptors (Lipinski definition) is 6. The third-order valence-electron chi connectivity index (χ3n) is 7.90. The summed E-state index contributed by atoms with van der Waals surface area (Å²) >= 11 is 0. The van der Waals surface area contributed by atoms with Gasteiger partial charge in [-0.2, -0.15) is 0 Å². The second-order valence-corrected chi connectivity index (χ2v) is 10.6. The van der Waals surface area contributed by atoms with Crippen molar-refractivity contribution >= 4 is 11.9 Å². The minimum Gasteiger partial charge on any atom is -0.462 e. The lowest BCUT2D eigenvalue weighted by atomic mass is 9.74. The lowest BCUT2D eigenvalue weighted by Crippen LogP contribution is -2.45. The van der Waals surface area contributed by atoms with Gasteiger partial charge in [-0.15, -0.1) is 0 Å². The van der Waals surface area contributed by atoms with Crippen molar-refractivity contribution in [3.8, 4) is 0 Å². The monoisotopic (exact) mass is 508 g/mol. The highest BCUT2D eigenvalue weighted by Gasteiger charge is 2.42. The van der Waals surface area contributed by atoms with Gasteiger partial charge >= 0.3 is 5.97 Å². The molecule has 2 aliphatic rings. The number of ether oxygens (including phenoxy) is 1. The fourth-order valence-corrected chi connectivity index (χ4v) is 5.45. The van der Waals surface area contributed by atoms with Crippen LogP contribution in [0.3, 0.4) is 0 Å². The summed E-state index contributed by atoms with van der Waals surface area (Å²) in [7, 11) is 0. The Kier molecular flexibility index (Phi) is 9.72. The Morgan fingerprint density at radius 3 is 2.16 bits per heavy atom. The zero-order valence-corrected chi connectivity index (χ0v) is 21.6. The molecule has 2 atom stereocenters. The highest BCUT2D eigenvalue weighted by atomic mass is 16.5. The van der Waals surface area contributed by atoms with Crippen molar-refractivity contribution in [2.45, 2.75) is 63.7 Å². The molecule has 7 nitrogen and oxygen atoms in total. The van der Waals surface area contributed by atoms with Crippen LogP contribution in [0.2, 0.25) is 0 Å². The van der Waals surface area contributed by atoms with Crippen LogP contribution in [0.1, 0.15) is 49.7 Å². The van der Waals surface area contributed by atoms with Crippen molar-refractivity contribution in [3.05, 3.63) is 71.8 Å². The number of hydrogen-bond donors (Lipinski definition) is 2. The first kappa shape index (κ1) is 27.3. The minimum atomic E-state index is -1.18. The van der Waals surface area contributed by atoms with Gasteiger partial charge in [0.05, 0.1) is 17.9 Å². The van der Waals surface area contributed by atoms with E-state index in [2.05, 4.69) is 17.0 Å². The molecule has 1 amide bonds. The summed E-state index contributed by atoms with van der Waals surface area (Å²) in [6, 6.07) is 20.0. The summed E-state index contributed by atoms with van der Waals surface area (Å²) in [5, 5.41) is 21.0. The second-order valence-electron chi connectivity index (χ2n) is 10.6. The first-order valence-corrected chi connectivity index (χ1v) is 13.6. The number of aliphatic hydroxyl groups excluding tert-OH is 2. The third kappa shape index (κ3) is 7.63. The number of carbonyl (C=O) groups excluding carboxylic acids is 2. The minimum absolute atomic E-state index is 0.0130. The Balaban J connectivity index is 1.40. The zero-order chi connectivity index (χ0) is 26.1. The molecule has 2 heterocycles. The van der Waals surface area contributed by atoms with E-state index in [9.17, 15) is 19.8 Å². The Hall–Kier alpha value is -2.74. The van der Waals surface area contributed by atoms with Gasteiger partial charge in [-0.3, -0.25) is 14.5 Å². The van der Waals surface area contributed by atoms with Crippen LogP contribution in [-0.4, -0.2) is 76.9 Å². The molecule has 37 heavy (non-hydrogen) atoms. The van der Waals surface area contributed by atoms with E-state index < -0.39 is 17.6 Å². The van der Waals surface area contributed by atoms with Crippen molar-refractivity contribution < 1.29 is 24.5 Å². The highest BCUT2D eigenvalue weighted by Crippen LogP contribution is 2.38. The van der Waals surface area contributed by atoms with Crippen molar-refractivity contribution in [2.75, 3.05) is 32.8 Å². The molecular weight excluding hydrogens is 468 g/mol. The maximum atomic E-state index is 13.3. The summed E-state index contributed by atoms with van der Waals surface area (Å²) in [5.41, 5.74) is 1.62. The molecule has 2 fully saturated rings. The van der Waals surface area contributed by atoms with Crippen LogP contribution in [0.25, 0.3) is 0 Å². The molecule has 2 aromatic rings. The van der Waals surface area contributed by atoms with Gasteiger partial charge in [0.15, 0.2) is 0 Å². The molecule has 0 aromatic heterocycles. The Morgan fingerprint density at radius 1 is 0.838 bits per heavy atom. The Bertz CT molecular complexity index is 992. The van der Waals surface area contributed by atoms with Crippen molar-refractivity contribution in [3.63, 3.8) is 0 Å². The first-order chi connectivity index (χ1) is 17.9. The van der Waals surface area contributed by atoms with E-state index in [1.807, 2.05) is 48.5 Å². The number of cyclic esters (lactones) is 1. The summed E-state index contributed by atoms with van der Waals surface area (Å²) in [6.45, 7) is 3.16. The number of nitrogens with zero attached hydrogens (tertiary/aromatic N) is 2. The standard InChI is InChI=1S/C30H40N2O5/c33-26-13-18-32(28(35)21-24-9-3-1-4-10-24)17-8-7-14-30(29(36)37-23-27(26)34)15-19-31(20-16-30)22-25-11-5-2-6-12-25/h1-6,9-12,26-27,33-34H,7-8,13-23H2/t26-,27+/m0/s1. The van der Waals surface area contributed by atoms with Gasteiger partial charge in [0.25, 0.3) is 0 Å². The summed E-state index contributed by atoms with van der Waals surface area (Å²) in [6.07, 6.45) is 2.00. The van der Waals surface area contributed by atoms with Crippen LogP contribution in [0.4, 0.5) is 0 Å². The topological polar surface area (TPSA) is 90.3 Å².